The normalized spacial score (nSPS) is 10.5. The molecule has 1 heterocycles. The summed E-state index contributed by atoms with van der Waals surface area (Å²) in [4.78, 5) is 20.3. The molecule has 0 spiro atoms. The van der Waals surface area contributed by atoms with Gasteiger partial charge in [-0.3, -0.25) is 4.79 Å². The zero-order chi connectivity index (χ0) is 14.7. The fourth-order valence-corrected chi connectivity index (χ4v) is 2.53. The van der Waals surface area contributed by atoms with E-state index in [0.717, 1.165) is 16.7 Å². The highest BCUT2D eigenvalue weighted by Gasteiger charge is 2.11. The Bertz CT molecular complexity index is 637. The van der Waals surface area contributed by atoms with Crippen molar-refractivity contribution in [2.75, 3.05) is 17.2 Å². The number of carbonyl (C=O) groups is 1. The second-order valence-corrected chi connectivity index (χ2v) is 5.47. The number of carbonyl (C=O) groups excluding carboxylic acids is 1. The number of aryl methyl sites for hydroxylation is 2. The van der Waals surface area contributed by atoms with E-state index in [-0.39, 0.29) is 11.5 Å². The Balaban J connectivity index is 2.10. The molecule has 0 saturated heterocycles. The minimum absolute atomic E-state index is 0.0424. The first-order valence-corrected chi connectivity index (χ1v) is 7.07. The number of nitrogen functional groups attached to an aromatic ring is 2. The van der Waals surface area contributed by atoms with E-state index in [0.29, 0.717) is 16.8 Å². The van der Waals surface area contributed by atoms with Gasteiger partial charge in [0.05, 0.1) is 5.75 Å². The molecule has 2 aromatic rings. The van der Waals surface area contributed by atoms with Crippen molar-refractivity contribution in [3.05, 3.63) is 41.0 Å². The molecule has 0 aliphatic rings. The first kappa shape index (κ1) is 14.3. The van der Waals surface area contributed by atoms with E-state index >= 15 is 0 Å². The topological polar surface area (TPSA) is 94.9 Å². The number of aromatic nitrogens is 2. The molecule has 0 aliphatic heterocycles. The number of ketones is 1. The summed E-state index contributed by atoms with van der Waals surface area (Å²) >= 11 is 1.23. The fourth-order valence-electron chi connectivity index (χ4n) is 1.77. The highest BCUT2D eigenvalue weighted by molar-refractivity contribution is 7.99. The van der Waals surface area contributed by atoms with E-state index in [4.69, 9.17) is 11.5 Å². The molecular weight excluding hydrogens is 272 g/mol. The van der Waals surface area contributed by atoms with Crippen molar-refractivity contribution in [2.45, 2.75) is 19.0 Å². The predicted molar refractivity (Wildman–Crippen MR) is 81.8 cm³/mol. The summed E-state index contributed by atoms with van der Waals surface area (Å²) in [5.41, 5.74) is 13.9. The molecule has 104 valence electrons. The van der Waals surface area contributed by atoms with Gasteiger partial charge in [-0.15, -0.1) is 0 Å². The van der Waals surface area contributed by atoms with E-state index in [1.54, 1.807) is 0 Å². The summed E-state index contributed by atoms with van der Waals surface area (Å²) < 4.78 is 0. The quantitative estimate of drug-likeness (QED) is 0.509. The number of hydrogen-bond acceptors (Lipinski definition) is 6. The summed E-state index contributed by atoms with van der Waals surface area (Å²) in [6.45, 7) is 3.89. The maximum Gasteiger partial charge on any atom is 0.191 e. The van der Waals surface area contributed by atoms with Gasteiger partial charge in [0.25, 0.3) is 0 Å². The summed E-state index contributed by atoms with van der Waals surface area (Å²) in [7, 11) is 0. The average molecular weight is 288 g/mol. The van der Waals surface area contributed by atoms with Crippen LogP contribution in [0, 0.1) is 13.8 Å². The van der Waals surface area contributed by atoms with E-state index in [2.05, 4.69) is 9.97 Å². The van der Waals surface area contributed by atoms with Crippen LogP contribution in [-0.4, -0.2) is 21.5 Å². The summed E-state index contributed by atoms with van der Waals surface area (Å²) in [6, 6.07) is 7.31. The third-order valence-electron chi connectivity index (χ3n) is 2.77. The van der Waals surface area contributed by atoms with Gasteiger partial charge in [0.15, 0.2) is 10.9 Å². The zero-order valence-corrected chi connectivity index (χ0v) is 12.2. The van der Waals surface area contributed by atoms with Crippen LogP contribution in [0.25, 0.3) is 0 Å². The third-order valence-corrected chi connectivity index (χ3v) is 3.62. The van der Waals surface area contributed by atoms with Crippen molar-refractivity contribution in [2.24, 2.45) is 0 Å². The Morgan fingerprint density at radius 2 is 1.80 bits per heavy atom. The zero-order valence-electron chi connectivity index (χ0n) is 11.4. The van der Waals surface area contributed by atoms with Gasteiger partial charge in [-0.25, -0.2) is 9.97 Å². The van der Waals surface area contributed by atoms with Gasteiger partial charge >= 0.3 is 0 Å². The van der Waals surface area contributed by atoms with Crippen molar-refractivity contribution in [3.63, 3.8) is 0 Å². The lowest BCUT2D eigenvalue weighted by Gasteiger charge is -2.06. The Labute approximate surface area is 121 Å². The minimum Gasteiger partial charge on any atom is -0.383 e. The monoisotopic (exact) mass is 288 g/mol. The molecule has 1 aromatic carbocycles. The van der Waals surface area contributed by atoms with Crippen LogP contribution in [-0.2, 0) is 0 Å². The fraction of sp³-hybridized carbons (Fsp3) is 0.214. The molecule has 0 fully saturated rings. The lowest BCUT2D eigenvalue weighted by molar-refractivity contribution is 0.102. The lowest BCUT2D eigenvalue weighted by Crippen LogP contribution is -2.06. The highest BCUT2D eigenvalue weighted by Crippen LogP contribution is 2.19. The van der Waals surface area contributed by atoms with Gasteiger partial charge < -0.3 is 11.5 Å². The molecule has 1 aromatic heterocycles. The average Bonchev–Trinajstić information content (AvgIpc) is 2.38. The maximum absolute atomic E-state index is 12.2. The van der Waals surface area contributed by atoms with E-state index in [9.17, 15) is 4.79 Å². The van der Waals surface area contributed by atoms with E-state index in [1.165, 1.54) is 17.8 Å². The van der Waals surface area contributed by atoms with Gasteiger partial charge in [0.1, 0.15) is 11.6 Å². The first-order valence-electron chi connectivity index (χ1n) is 6.09. The number of anilines is 2. The second-order valence-electron chi connectivity index (χ2n) is 4.53. The molecule has 4 N–H and O–H groups in total. The number of hydrogen-bond donors (Lipinski definition) is 2. The first-order chi connectivity index (χ1) is 9.45. The van der Waals surface area contributed by atoms with Crippen LogP contribution in [0.15, 0.2) is 29.4 Å². The van der Waals surface area contributed by atoms with Gasteiger partial charge in [0, 0.05) is 11.6 Å². The molecule has 0 bridgehead atoms. The molecule has 0 saturated carbocycles. The number of nitrogens with zero attached hydrogens (tertiary/aromatic N) is 2. The number of thioether (sulfide) groups is 1. The SMILES string of the molecule is Cc1ccc(C)c(C(=O)CSc2nc(N)cc(N)n2)c1. The molecule has 0 unspecified atom stereocenters. The van der Waals surface area contributed by atoms with Crippen LogP contribution in [0.4, 0.5) is 11.6 Å². The van der Waals surface area contributed by atoms with Crippen molar-refractivity contribution in [1.82, 2.24) is 9.97 Å². The van der Waals surface area contributed by atoms with E-state index < -0.39 is 0 Å². The van der Waals surface area contributed by atoms with Crippen LogP contribution in [0.1, 0.15) is 21.5 Å². The highest BCUT2D eigenvalue weighted by atomic mass is 32.2. The predicted octanol–water partition coefficient (Wildman–Crippen LogP) is 2.23. The molecule has 0 aliphatic carbocycles. The Morgan fingerprint density at radius 1 is 1.15 bits per heavy atom. The minimum atomic E-state index is 0.0424. The molecule has 20 heavy (non-hydrogen) atoms. The van der Waals surface area contributed by atoms with Crippen molar-refractivity contribution in [3.8, 4) is 0 Å². The largest absolute Gasteiger partial charge is 0.383 e. The number of rotatable bonds is 4. The number of nitrogens with two attached hydrogens (primary N) is 2. The van der Waals surface area contributed by atoms with Crippen LogP contribution in [0.5, 0.6) is 0 Å². The van der Waals surface area contributed by atoms with Gasteiger partial charge in [-0.2, -0.15) is 0 Å². The maximum atomic E-state index is 12.2. The molecular formula is C14H16N4OS. The van der Waals surface area contributed by atoms with Crippen LogP contribution >= 0.6 is 11.8 Å². The van der Waals surface area contributed by atoms with Gasteiger partial charge in [-0.1, -0.05) is 29.5 Å². The Hall–Kier alpha value is -2.08. The van der Waals surface area contributed by atoms with Gasteiger partial charge in [0.2, 0.25) is 0 Å². The summed E-state index contributed by atoms with van der Waals surface area (Å²) in [6.07, 6.45) is 0. The molecule has 5 nitrogen and oxygen atoms in total. The van der Waals surface area contributed by atoms with Crippen molar-refractivity contribution >= 4 is 29.2 Å². The van der Waals surface area contributed by atoms with Crippen LogP contribution in [0.3, 0.4) is 0 Å². The standard InChI is InChI=1S/C14H16N4OS/c1-8-3-4-9(2)10(5-8)11(19)7-20-14-17-12(15)6-13(16)18-14/h3-6H,7H2,1-2H3,(H4,15,16,17,18). The van der Waals surface area contributed by atoms with E-state index in [1.807, 2.05) is 32.0 Å². The van der Waals surface area contributed by atoms with Crippen molar-refractivity contribution < 1.29 is 4.79 Å². The number of benzene rings is 1. The second kappa shape index (κ2) is 5.92. The molecule has 2 rings (SSSR count). The summed E-state index contributed by atoms with van der Waals surface area (Å²) in [5, 5.41) is 0.418. The molecule has 0 atom stereocenters. The smallest absolute Gasteiger partial charge is 0.191 e. The molecule has 0 radical (unpaired) electrons. The van der Waals surface area contributed by atoms with Crippen LogP contribution in [0.2, 0.25) is 0 Å². The van der Waals surface area contributed by atoms with Crippen molar-refractivity contribution in [1.29, 1.82) is 0 Å². The lowest BCUT2D eigenvalue weighted by atomic mass is 10.0. The van der Waals surface area contributed by atoms with Crippen LogP contribution < -0.4 is 11.5 Å². The molecule has 6 heteroatoms. The van der Waals surface area contributed by atoms with Gasteiger partial charge in [-0.05, 0) is 25.5 Å². The Kier molecular flexibility index (Phi) is 4.24. The third kappa shape index (κ3) is 3.48. The molecule has 0 amide bonds. The number of Topliss-reactive ketones (excluding diaryl/α,β-unsaturated/α-hetero) is 1. The summed E-state index contributed by atoms with van der Waals surface area (Å²) in [5.74, 6) is 0.909. The Morgan fingerprint density at radius 3 is 2.45 bits per heavy atom.